The summed E-state index contributed by atoms with van der Waals surface area (Å²) in [6, 6.07) is 49.5. The van der Waals surface area contributed by atoms with Crippen LogP contribution in [0.25, 0.3) is 72.7 Å². The van der Waals surface area contributed by atoms with Crippen molar-refractivity contribution in [3.8, 4) is 67.5 Å². The molecule has 0 aliphatic heterocycles. The van der Waals surface area contributed by atoms with E-state index in [-0.39, 0.29) is 16.7 Å². The number of hydrogen-bond acceptors (Lipinski definition) is 3. The molecule has 51 heavy (non-hydrogen) atoms. The topological polar surface area (TPSA) is 50.9 Å². The largest absolute Gasteiger partial charge is 0.507 e. The predicted octanol–water partition coefficient (Wildman–Crippen LogP) is 12.1. The van der Waals surface area contributed by atoms with Gasteiger partial charge in [0.15, 0.2) is 0 Å². The van der Waals surface area contributed by atoms with Crippen molar-refractivity contribution < 1.29 is 9.22 Å². The number of benzene rings is 6. The molecule has 0 bridgehead atoms. The molecule has 0 saturated carbocycles. The molecule has 0 amide bonds. The Balaban J connectivity index is 1.39. The van der Waals surface area contributed by atoms with Gasteiger partial charge < -0.3 is 5.11 Å². The molecule has 2 heterocycles. The van der Waals surface area contributed by atoms with Gasteiger partial charge in [-0.25, -0.2) is 4.98 Å². The van der Waals surface area contributed by atoms with Gasteiger partial charge in [-0.1, -0.05) is 118 Å². The van der Waals surface area contributed by atoms with Crippen molar-refractivity contribution >= 4 is 11.0 Å². The molecule has 0 saturated heterocycles. The van der Waals surface area contributed by atoms with Crippen LogP contribution in [0.1, 0.15) is 36.0 Å². The van der Waals surface area contributed by atoms with Gasteiger partial charge in [0.05, 0.1) is 22.3 Å². The summed E-state index contributed by atoms with van der Waals surface area (Å²) in [5, 5.41) is 11.2. The normalized spacial score (nSPS) is 12.7. The Morgan fingerprint density at radius 2 is 1.27 bits per heavy atom. The Morgan fingerprint density at radius 1 is 0.588 bits per heavy atom. The zero-order chi connectivity index (χ0) is 37.6. The Bertz CT molecular complexity index is 2640. The summed E-state index contributed by atoms with van der Waals surface area (Å²) in [5.41, 5.74) is 11.5. The van der Waals surface area contributed by atoms with Crippen molar-refractivity contribution in [2.75, 3.05) is 0 Å². The van der Waals surface area contributed by atoms with Crippen LogP contribution >= 0.6 is 0 Å². The molecule has 0 fully saturated rings. The van der Waals surface area contributed by atoms with Crippen LogP contribution < -0.4 is 0 Å². The number of phenolic OH excluding ortho intramolecular Hbond substituents is 1. The molecule has 248 valence electrons. The molecule has 0 aliphatic carbocycles. The Labute approximate surface area is 303 Å². The van der Waals surface area contributed by atoms with Crippen LogP contribution in [0.3, 0.4) is 0 Å². The van der Waals surface area contributed by atoms with Crippen LogP contribution in [0.15, 0.2) is 158 Å². The van der Waals surface area contributed by atoms with Gasteiger partial charge in [-0.15, -0.1) is 0 Å². The first kappa shape index (κ1) is 28.6. The lowest BCUT2D eigenvalue weighted by Crippen LogP contribution is -2.11. The van der Waals surface area contributed by atoms with E-state index in [0.717, 1.165) is 61.2 Å². The third-order valence-corrected chi connectivity index (χ3v) is 9.39. The molecule has 0 spiro atoms. The van der Waals surface area contributed by atoms with Gasteiger partial charge in [0.2, 0.25) is 0 Å². The van der Waals surface area contributed by atoms with Crippen LogP contribution in [0.2, 0.25) is 0 Å². The van der Waals surface area contributed by atoms with E-state index in [0.29, 0.717) is 17.1 Å². The van der Waals surface area contributed by atoms with Gasteiger partial charge in [0.1, 0.15) is 11.6 Å². The Morgan fingerprint density at radius 3 is 2.00 bits per heavy atom. The van der Waals surface area contributed by atoms with Crippen LogP contribution in [0.5, 0.6) is 5.75 Å². The van der Waals surface area contributed by atoms with Crippen LogP contribution in [0.4, 0.5) is 0 Å². The van der Waals surface area contributed by atoms with E-state index in [2.05, 4.69) is 63.2 Å². The molecule has 8 rings (SSSR count). The second kappa shape index (κ2) is 12.9. The SMILES string of the molecule is [2H]C([2H])([2H])c1cc(-c2ccccc2)cc(-n2c(-c3ccccc3O)nc3c(-c4cc(-c5cc(-c6ccccc6)ccn5)cc(C(C)(C)C)c4)cccc32)c1. The van der Waals surface area contributed by atoms with E-state index in [1.165, 1.54) is 0 Å². The van der Waals surface area contributed by atoms with Crippen LogP contribution in [0, 0.1) is 6.85 Å². The molecule has 0 radical (unpaired) electrons. The molecular formula is C47H39N3O. The van der Waals surface area contributed by atoms with Crippen molar-refractivity contribution in [3.05, 3.63) is 169 Å². The molecule has 2 aromatic heterocycles. The van der Waals surface area contributed by atoms with Gasteiger partial charge in [-0.05, 0) is 106 Å². The number of hydrogen-bond donors (Lipinski definition) is 1. The molecular weight excluding hydrogens is 623 g/mol. The van der Waals surface area contributed by atoms with Crippen molar-refractivity contribution in [2.45, 2.75) is 33.0 Å². The minimum absolute atomic E-state index is 0.0762. The first-order chi connectivity index (χ1) is 25.9. The number of rotatable bonds is 6. The number of phenols is 1. The smallest absolute Gasteiger partial charge is 0.149 e. The fourth-order valence-electron chi connectivity index (χ4n) is 6.74. The molecule has 0 atom stereocenters. The number of fused-ring (bicyclic) bond motifs is 1. The van der Waals surface area contributed by atoms with Gasteiger partial charge in [0.25, 0.3) is 0 Å². The molecule has 4 heteroatoms. The summed E-state index contributed by atoms with van der Waals surface area (Å²) >= 11 is 0. The van der Waals surface area contributed by atoms with E-state index in [9.17, 15) is 5.11 Å². The average molecular weight is 665 g/mol. The standard InChI is InChI=1S/C47H39N3O/c1-31-24-35(33-16-9-6-10-17-33)29-39(25-31)50-43-20-13-19-40(45(43)49-46(50)41-18-11-12-21-44(41)51)36-26-37(28-38(27-36)47(2,3)4)42-30-34(22-23-48-42)32-14-7-5-8-15-32/h5-30,51H,1-4H3/i1D3. The Hall–Kier alpha value is -6.26. The summed E-state index contributed by atoms with van der Waals surface area (Å²) in [7, 11) is 0. The quantitative estimate of drug-likeness (QED) is 0.192. The minimum Gasteiger partial charge on any atom is -0.507 e. The number of nitrogens with zero attached hydrogens (tertiary/aromatic N) is 3. The first-order valence-electron chi connectivity index (χ1n) is 18.6. The number of aromatic hydroxyl groups is 1. The monoisotopic (exact) mass is 664 g/mol. The Kier molecular flexibility index (Phi) is 7.22. The lowest BCUT2D eigenvalue weighted by molar-refractivity contribution is 0.477. The maximum absolute atomic E-state index is 11.2. The molecule has 1 N–H and O–H groups in total. The highest BCUT2D eigenvalue weighted by atomic mass is 16.3. The zero-order valence-electron chi connectivity index (χ0n) is 31.8. The lowest BCUT2D eigenvalue weighted by Gasteiger charge is -2.22. The van der Waals surface area contributed by atoms with Crippen LogP contribution in [-0.2, 0) is 5.41 Å². The van der Waals surface area contributed by atoms with Crippen molar-refractivity contribution in [1.82, 2.24) is 14.5 Å². The summed E-state index contributed by atoms with van der Waals surface area (Å²) in [6.45, 7) is 4.26. The molecule has 6 aromatic carbocycles. The van der Waals surface area contributed by atoms with Crippen molar-refractivity contribution in [3.63, 3.8) is 0 Å². The summed E-state index contributed by atoms with van der Waals surface area (Å²) in [6.07, 6.45) is 1.86. The lowest BCUT2D eigenvalue weighted by atomic mass is 9.83. The highest BCUT2D eigenvalue weighted by Crippen LogP contribution is 2.40. The second-order valence-corrected chi connectivity index (χ2v) is 13.9. The third kappa shape index (κ3) is 6.21. The molecule has 4 nitrogen and oxygen atoms in total. The second-order valence-electron chi connectivity index (χ2n) is 13.9. The van der Waals surface area contributed by atoms with Crippen molar-refractivity contribution in [2.24, 2.45) is 0 Å². The summed E-state index contributed by atoms with van der Waals surface area (Å²) < 4.78 is 27.2. The number of aromatic nitrogens is 3. The van der Waals surface area contributed by atoms with Crippen LogP contribution in [-0.4, -0.2) is 19.6 Å². The van der Waals surface area contributed by atoms with Gasteiger partial charge in [-0.2, -0.15) is 0 Å². The third-order valence-electron chi connectivity index (χ3n) is 9.39. The first-order valence-corrected chi connectivity index (χ1v) is 17.1. The maximum atomic E-state index is 11.2. The number of pyridine rings is 1. The fraction of sp³-hybridized carbons (Fsp3) is 0.106. The zero-order valence-corrected chi connectivity index (χ0v) is 28.8. The van der Waals surface area contributed by atoms with Crippen molar-refractivity contribution in [1.29, 1.82) is 0 Å². The fourth-order valence-corrected chi connectivity index (χ4v) is 6.74. The van der Waals surface area contributed by atoms with Gasteiger partial charge in [0, 0.05) is 27.1 Å². The minimum atomic E-state index is -2.36. The van der Waals surface area contributed by atoms with E-state index in [1.807, 2.05) is 95.7 Å². The highest BCUT2D eigenvalue weighted by Gasteiger charge is 2.22. The molecule has 0 unspecified atom stereocenters. The number of para-hydroxylation sites is 2. The average Bonchev–Trinajstić information content (AvgIpc) is 3.57. The van der Waals surface area contributed by atoms with Gasteiger partial charge >= 0.3 is 0 Å². The number of aryl methyl sites for hydroxylation is 1. The van der Waals surface area contributed by atoms with Gasteiger partial charge in [-0.3, -0.25) is 9.55 Å². The van der Waals surface area contributed by atoms with E-state index in [1.54, 1.807) is 24.3 Å². The van der Waals surface area contributed by atoms with E-state index < -0.39 is 6.85 Å². The maximum Gasteiger partial charge on any atom is 0.149 e. The summed E-state index contributed by atoms with van der Waals surface area (Å²) in [5.74, 6) is 0.578. The molecule has 8 aromatic rings. The van der Waals surface area contributed by atoms with E-state index >= 15 is 0 Å². The number of imidazole rings is 1. The predicted molar refractivity (Wildman–Crippen MR) is 211 cm³/mol. The highest BCUT2D eigenvalue weighted by molar-refractivity contribution is 5.97. The van der Waals surface area contributed by atoms with E-state index in [4.69, 9.17) is 14.1 Å². The summed E-state index contributed by atoms with van der Waals surface area (Å²) in [4.78, 5) is 10.1. The molecule has 0 aliphatic rings.